The number of hydrogen-bond donors (Lipinski definition) is 0. The third-order valence-electron chi connectivity index (χ3n) is 2.97. The molecule has 0 atom stereocenters. The molecule has 0 aliphatic rings. The summed E-state index contributed by atoms with van der Waals surface area (Å²) in [4.78, 5) is 8.54. The molecule has 1 aromatic heterocycles. The molecule has 0 saturated heterocycles. The van der Waals surface area contributed by atoms with Gasteiger partial charge in [0.1, 0.15) is 12.1 Å². The molecule has 18 heavy (non-hydrogen) atoms. The zero-order chi connectivity index (χ0) is 12.5. The standard InChI is InChI=1S/C15H11FN2/c1-10-8-11(6-7-13(10)16)15-12-4-2-3-5-14(12)17-9-18-15/h2-9H,1H3. The van der Waals surface area contributed by atoms with Gasteiger partial charge in [0.2, 0.25) is 0 Å². The average molecular weight is 238 g/mol. The highest BCUT2D eigenvalue weighted by Crippen LogP contribution is 2.26. The van der Waals surface area contributed by atoms with E-state index >= 15 is 0 Å². The van der Waals surface area contributed by atoms with Gasteiger partial charge in [-0.2, -0.15) is 0 Å². The van der Waals surface area contributed by atoms with Crippen molar-refractivity contribution in [2.24, 2.45) is 0 Å². The number of para-hydroxylation sites is 1. The highest BCUT2D eigenvalue weighted by molar-refractivity contribution is 5.91. The van der Waals surface area contributed by atoms with Crippen LogP contribution in [-0.2, 0) is 0 Å². The summed E-state index contributed by atoms with van der Waals surface area (Å²) in [5.41, 5.74) is 3.26. The molecule has 0 radical (unpaired) electrons. The smallest absolute Gasteiger partial charge is 0.126 e. The quantitative estimate of drug-likeness (QED) is 0.645. The van der Waals surface area contributed by atoms with E-state index in [1.807, 2.05) is 30.3 Å². The molecule has 0 amide bonds. The maximum absolute atomic E-state index is 13.3. The monoisotopic (exact) mass is 238 g/mol. The summed E-state index contributed by atoms with van der Waals surface area (Å²) in [6.45, 7) is 1.75. The van der Waals surface area contributed by atoms with E-state index in [9.17, 15) is 4.39 Å². The van der Waals surface area contributed by atoms with Crippen LogP contribution in [0.2, 0.25) is 0 Å². The maximum atomic E-state index is 13.3. The first-order valence-corrected chi connectivity index (χ1v) is 5.72. The van der Waals surface area contributed by atoms with E-state index in [2.05, 4.69) is 9.97 Å². The summed E-state index contributed by atoms with van der Waals surface area (Å²) in [6, 6.07) is 12.8. The molecule has 0 unspecified atom stereocenters. The number of aryl methyl sites for hydroxylation is 1. The van der Waals surface area contributed by atoms with E-state index in [4.69, 9.17) is 0 Å². The first kappa shape index (κ1) is 10.8. The Kier molecular flexibility index (Phi) is 2.52. The lowest BCUT2D eigenvalue weighted by Crippen LogP contribution is -1.90. The highest BCUT2D eigenvalue weighted by atomic mass is 19.1. The Balaban J connectivity index is 2.28. The minimum Gasteiger partial charge on any atom is -0.236 e. The minimum absolute atomic E-state index is 0.197. The molecule has 3 aromatic rings. The second kappa shape index (κ2) is 4.18. The molecule has 0 fully saturated rings. The van der Waals surface area contributed by atoms with Crippen LogP contribution in [0.1, 0.15) is 5.56 Å². The van der Waals surface area contributed by atoms with Gasteiger partial charge in [0.25, 0.3) is 0 Å². The molecule has 88 valence electrons. The normalized spacial score (nSPS) is 10.8. The van der Waals surface area contributed by atoms with Gasteiger partial charge in [0.15, 0.2) is 0 Å². The Morgan fingerprint density at radius 3 is 2.67 bits per heavy atom. The fourth-order valence-corrected chi connectivity index (χ4v) is 2.03. The van der Waals surface area contributed by atoms with E-state index < -0.39 is 0 Å². The zero-order valence-electron chi connectivity index (χ0n) is 9.89. The lowest BCUT2D eigenvalue weighted by molar-refractivity contribution is 0.619. The summed E-state index contributed by atoms with van der Waals surface area (Å²) in [5.74, 6) is -0.197. The molecule has 0 saturated carbocycles. The van der Waals surface area contributed by atoms with Gasteiger partial charge in [-0.05, 0) is 36.8 Å². The average Bonchev–Trinajstić information content (AvgIpc) is 2.41. The van der Waals surface area contributed by atoms with E-state index in [-0.39, 0.29) is 5.82 Å². The van der Waals surface area contributed by atoms with Gasteiger partial charge in [-0.25, -0.2) is 14.4 Å². The van der Waals surface area contributed by atoms with Gasteiger partial charge < -0.3 is 0 Å². The SMILES string of the molecule is Cc1cc(-c2ncnc3ccccc23)ccc1F. The number of hydrogen-bond acceptors (Lipinski definition) is 2. The highest BCUT2D eigenvalue weighted by Gasteiger charge is 2.07. The van der Waals surface area contributed by atoms with Crippen LogP contribution in [0.5, 0.6) is 0 Å². The third-order valence-corrected chi connectivity index (χ3v) is 2.97. The second-order valence-electron chi connectivity index (χ2n) is 4.20. The topological polar surface area (TPSA) is 25.8 Å². The van der Waals surface area contributed by atoms with Gasteiger partial charge >= 0.3 is 0 Å². The van der Waals surface area contributed by atoms with Crippen molar-refractivity contribution in [3.63, 3.8) is 0 Å². The number of rotatable bonds is 1. The van der Waals surface area contributed by atoms with Gasteiger partial charge in [-0.1, -0.05) is 18.2 Å². The fraction of sp³-hybridized carbons (Fsp3) is 0.0667. The Morgan fingerprint density at radius 2 is 1.83 bits per heavy atom. The van der Waals surface area contributed by atoms with Crippen LogP contribution in [0.15, 0.2) is 48.8 Å². The first-order valence-electron chi connectivity index (χ1n) is 5.72. The van der Waals surface area contributed by atoms with E-state index in [0.29, 0.717) is 5.56 Å². The molecule has 2 aromatic carbocycles. The van der Waals surface area contributed by atoms with Crippen LogP contribution < -0.4 is 0 Å². The Bertz CT molecular complexity index is 717. The molecular weight excluding hydrogens is 227 g/mol. The van der Waals surface area contributed by atoms with Crippen molar-refractivity contribution in [1.82, 2.24) is 9.97 Å². The lowest BCUT2D eigenvalue weighted by atomic mass is 10.0. The summed E-state index contributed by atoms with van der Waals surface area (Å²) < 4.78 is 13.3. The van der Waals surface area contributed by atoms with Crippen LogP contribution in [-0.4, -0.2) is 9.97 Å². The van der Waals surface area contributed by atoms with Crippen LogP contribution >= 0.6 is 0 Å². The molecule has 0 spiro atoms. The van der Waals surface area contributed by atoms with Crippen LogP contribution in [0.25, 0.3) is 22.2 Å². The molecule has 0 N–H and O–H groups in total. The van der Waals surface area contributed by atoms with E-state index in [1.54, 1.807) is 13.0 Å². The van der Waals surface area contributed by atoms with Crippen LogP contribution in [0.3, 0.4) is 0 Å². The zero-order valence-corrected chi connectivity index (χ0v) is 9.89. The van der Waals surface area contributed by atoms with E-state index in [1.165, 1.54) is 12.4 Å². The molecule has 0 aliphatic carbocycles. The molecule has 1 heterocycles. The first-order chi connectivity index (χ1) is 8.75. The van der Waals surface area contributed by atoms with Crippen molar-refractivity contribution in [3.05, 3.63) is 60.2 Å². The Hall–Kier alpha value is -2.29. The van der Waals surface area contributed by atoms with Crippen molar-refractivity contribution in [2.45, 2.75) is 6.92 Å². The Morgan fingerprint density at radius 1 is 1.00 bits per heavy atom. The number of benzene rings is 2. The van der Waals surface area contributed by atoms with Crippen LogP contribution in [0.4, 0.5) is 4.39 Å². The molecule has 3 rings (SSSR count). The lowest BCUT2D eigenvalue weighted by Gasteiger charge is -2.06. The summed E-state index contributed by atoms with van der Waals surface area (Å²) in [7, 11) is 0. The van der Waals surface area contributed by atoms with E-state index in [0.717, 1.165) is 22.2 Å². The van der Waals surface area contributed by atoms with Crippen molar-refractivity contribution in [2.75, 3.05) is 0 Å². The number of nitrogens with zero attached hydrogens (tertiary/aromatic N) is 2. The minimum atomic E-state index is -0.197. The van der Waals surface area contributed by atoms with Gasteiger partial charge in [-0.15, -0.1) is 0 Å². The summed E-state index contributed by atoms with van der Waals surface area (Å²) in [6.07, 6.45) is 1.54. The van der Waals surface area contributed by atoms with Crippen molar-refractivity contribution < 1.29 is 4.39 Å². The fourth-order valence-electron chi connectivity index (χ4n) is 2.03. The molecule has 2 nitrogen and oxygen atoms in total. The molecule has 3 heteroatoms. The Labute approximate surface area is 104 Å². The predicted octanol–water partition coefficient (Wildman–Crippen LogP) is 3.74. The van der Waals surface area contributed by atoms with Gasteiger partial charge in [-0.3, -0.25) is 0 Å². The number of aromatic nitrogens is 2. The molecular formula is C15H11FN2. The molecule has 0 aliphatic heterocycles. The number of halogens is 1. The van der Waals surface area contributed by atoms with Crippen LogP contribution in [0, 0.1) is 12.7 Å². The summed E-state index contributed by atoms with van der Waals surface area (Å²) in [5, 5.41) is 0.978. The summed E-state index contributed by atoms with van der Waals surface area (Å²) >= 11 is 0. The number of fused-ring (bicyclic) bond motifs is 1. The van der Waals surface area contributed by atoms with Gasteiger partial charge in [0.05, 0.1) is 11.2 Å². The molecule has 0 bridgehead atoms. The van der Waals surface area contributed by atoms with Crippen molar-refractivity contribution in [1.29, 1.82) is 0 Å². The van der Waals surface area contributed by atoms with Crippen molar-refractivity contribution >= 4 is 10.9 Å². The largest absolute Gasteiger partial charge is 0.236 e. The van der Waals surface area contributed by atoms with Gasteiger partial charge in [0, 0.05) is 10.9 Å². The predicted molar refractivity (Wildman–Crippen MR) is 69.7 cm³/mol. The maximum Gasteiger partial charge on any atom is 0.126 e. The third kappa shape index (κ3) is 1.74. The second-order valence-corrected chi connectivity index (χ2v) is 4.20. The van der Waals surface area contributed by atoms with Crippen molar-refractivity contribution in [3.8, 4) is 11.3 Å².